The van der Waals surface area contributed by atoms with Crippen LogP contribution in [0.4, 0.5) is 14.5 Å². The summed E-state index contributed by atoms with van der Waals surface area (Å²) in [5, 5.41) is 5.63. The van der Waals surface area contributed by atoms with Gasteiger partial charge in [-0.05, 0) is 32.3 Å². The molecule has 0 fully saturated rings. The highest BCUT2D eigenvalue weighted by Gasteiger charge is 2.03. The zero-order valence-electron chi connectivity index (χ0n) is 11.2. The number of hydrogen-bond donors (Lipinski definition) is 2. The normalized spacial score (nSPS) is 10.6. The van der Waals surface area contributed by atoms with E-state index in [2.05, 4.69) is 10.6 Å². The lowest BCUT2D eigenvalue weighted by Crippen LogP contribution is -2.32. The molecule has 1 rings (SSSR count). The largest absolute Gasteiger partial charge is 0.384 e. The van der Waals surface area contributed by atoms with Crippen molar-refractivity contribution in [1.82, 2.24) is 10.2 Å². The molecular weight excluding hydrogens is 252 g/mol. The first-order chi connectivity index (χ1) is 8.99. The third kappa shape index (κ3) is 6.15. The fourth-order valence-corrected chi connectivity index (χ4v) is 1.43. The molecule has 0 radical (unpaired) electrons. The van der Waals surface area contributed by atoms with Crippen molar-refractivity contribution < 1.29 is 13.6 Å². The number of carbonyl (C=O) groups is 1. The van der Waals surface area contributed by atoms with Gasteiger partial charge in [0.1, 0.15) is 0 Å². The summed E-state index contributed by atoms with van der Waals surface area (Å²) in [6.45, 7) is 1.75. The highest BCUT2D eigenvalue weighted by Crippen LogP contribution is 2.12. The predicted molar refractivity (Wildman–Crippen MR) is 71.0 cm³/mol. The van der Waals surface area contributed by atoms with E-state index in [4.69, 9.17) is 0 Å². The molecule has 0 saturated heterocycles. The van der Waals surface area contributed by atoms with E-state index in [0.717, 1.165) is 18.7 Å². The van der Waals surface area contributed by atoms with E-state index in [9.17, 15) is 13.6 Å². The molecule has 0 atom stereocenters. The summed E-state index contributed by atoms with van der Waals surface area (Å²) in [5.74, 6) is -1.86. The number of likely N-dealkylation sites (N-methyl/N-ethyl adjacent to an activating group) is 1. The van der Waals surface area contributed by atoms with Crippen LogP contribution in [0.1, 0.15) is 6.42 Å². The van der Waals surface area contributed by atoms with Gasteiger partial charge in [-0.25, -0.2) is 8.78 Å². The molecule has 1 aromatic carbocycles. The van der Waals surface area contributed by atoms with Crippen LogP contribution in [0.5, 0.6) is 0 Å². The average molecular weight is 271 g/mol. The van der Waals surface area contributed by atoms with Gasteiger partial charge in [-0.2, -0.15) is 0 Å². The number of nitrogens with zero attached hydrogens (tertiary/aromatic N) is 1. The SMILES string of the molecule is CN(C)CCNC(=O)CCNc1ccc(F)c(F)c1. The maximum atomic E-state index is 12.9. The number of benzene rings is 1. The molecule has 6 heteroatoms. The molecule has 106 valence electrons. The van der Waals surface area contributed by atoms with E-state index < -0.39 is 11.6 Å². The van der Waals surface area contributed by atoms with Gasteiger partial charge in [0.15, 0.2) is 11.6 Å². The molecule has 0 unspecified atom stereocenters. The number of nitrogens with one attached hydrogen (secondary N) is 2. The van der Waals surface area contributed by atoms with Gasteiger partial charge in [-0.1, -0.05) is 0 Å². The molecule has 0 aliphatic heterocycles. The van der Waals surface area contributed by atoms with E-state index in [0.29, 0.717) is 18.8 Å². The summed E-state index contributed by atoms with van der Waals surface area (Å²) in [7, 11) is 3.85. The first kappa shape index (κ1) is 15.4. The van der Waals surface area contributed by atoms with E-state index in [1.807, 2.05) is 19.0 Å². The zero-order chi connectivity index (χ0) is 14.3. The molecule has 19 heavy (non-hydrogen) atoms. The van der Waals surface area contributed by atoms with Crippen LogP contribution in [0.15, 0.2) is 18.2 Å². The first-order valence-corrected chi connectivity index (χ1v) is 6.09. The van der Waals surface area contributed by atoms with Gasteiger partial charge in [-0.3, -0.25) is 4.79 Å². The van der Waals surface area contributed by atoms with Gasteiger partial charge in [0.25, 0.3) is 0 Å². The smallest absolute Gasteiger partial charge is 0.221 e. The minimum atomic E-state index is -0.902. The first-order valence-electron chi connectivity index (χ1n) is 6.09. The maximum Gasteiger partial charge on any atom is 0.221 e. The summed E-state index contributed by atoms with van der Waals surface area (Å²) in [4.78, 5) is 13.4. The summed E-state index contributed by atoms with van der Waals surface area (Å²) >= 11 is 0. The Morgan fingerprint density at radius 1 is 1.21 bits per heavy atom. The van der Waals surface area contributed by atoms with Crippen LogP contribution in [0.2, 0.25) is 0 Å². The molecule has 0 heterocycles. The average Bonchev–Trinajstić information content (AvgIpc) is 2.33. The van der Waals surface area contributed by atoms with Crippen molar-refractivity contribution in [3.05, 3.63) is 29.8 Å². The van der Waals surface area contributed by atoms with Gasteiger partial charge in [0.2, 0.25) is 5.91 Å². The quantitative estimate of drug-likeness (QED) is 0.789. The van der Waals surface area contributed by atoms with Gasteiger partial charge >= 0.3 is 0 Å². The van der Waals surface area contributed by atoms with Crippen molar-refractivity contribution in [3.63, 3.8) is 0 Å². The van der Waals surface area contributed by atoms with E-state index in [1.165, 1.54) is 6.07 Å². The lowest BCUT2D eigenvalue weighted by Gasteiger charge is -2.11. The van der Waals surface area contributed by atoms with E-state index in [1.54, 1.807) is 0 Å². The highest BCUT2D eigenvalue weighted by atomic mass is 19.2. The lowest BCUT2D eigenvalue weighted by molar-refractivity contribution is -0.120. The van der Waals surface area contributed by atoms with Crippen molar-refractivity contribution in [2.45, 2.75) is 6.42 Å². The monoisotopic (exact) mass is 271 g/mol. The van der Waals surface area contributed by atoms with Crippen LogP contribution >= 0.6 is 0 Å². The molecule has 1 aromatic rings. The summed E-state index contributed by atoms with van der Waals surface area (Å²) in [5.41, 5.74) is 0.458. The van der Waals surface area contributed by atoms with Gasteiger partial charge < -0.3 is 15.5 Å². The van der Waals surface area contributed by atoms with Crippen molar-refractivity contribution in [1.29, 1.82) is 0 Å². The Morgan fingerprint density at radius 3 is 2.58 bits per heavy atom. The summed E-state index contributed by atoms with van der Waals surface area (Å²) in [6.07, 6.45) is 0.284. The number of amides is 1. The third-order valence-electron chi connectivity index (χ3n) is 2.48. The fourth-order valence-electron chi connectivity index (χ4n) is 1.43. The Morgan fingerprint density at radius 2 is 1.95 bits per heavy atom. The number of rotatable bonds is 7. The molecule has 0 saturated carbocycles. The molecule has 4 nitrogen and oxygen atoms in total. The molecular formula is C13H19F2N3O. The Labute approximate surface area is 111 Å². The van der Waals surface area contributed by atoms with Crippen LogP contribution in [-0.2, 0) is 4.79 Å². The number of hydrogen-bond acceptors (Lipinski definition) is 3. The topological polar surface area (TPSA) is 44.4 Å². The number of carbonyl (C=O) groups excluding carboxylic acids is 1. The summed E-state index contributed by atoms with van der Waals surface area (Å²) in [6, 6.07) is 3.55. The van der Waals surface area contributed by atoms with Crippen molar-refractivity contribution in [3.8, 4) is 0 Å². The Hall–Kier alpha value is -1.69. The van der Waals surface area contributed by atoms with Crippen LogP contribution in [0, 0.1) is 11.6 Å². The molecule has 0 aromatic heterocycles. The van der Waals surface area contributed by atoms with Crippen molar-refractivity contribution in [2.75, 3.05) is 39.0 Å². The zero-order valence-corrected chi connectivity index (χ0v) is 11.2. The van der Waals surface area contributed by atoms with Crippen LogP contribution < -0.4 is 10.6 Å². The third-order valence-corrected chi connectivity index (χ3v) is 2.48. The van der Waals surface area contributed by atoms with Crippen molar-refractivity contribution >= 4 is 11.6 Å². The second-order valence-electron chi connectivity index (χ2n) is 4.46. The maximum absolute atomic E-state index is 12.9. The second-order valence-corrected chi connectivity index (χ2v) is 4.46. The molecule has 1 amide bonds. The number of halogens is 2. The fraction of sp³-hybridized carbons (Fsp3) is 0.462. The molecule has 0 aliphatic carbocycles. The molecule has 0 aliphatic rings. The Balaban J connectivity index is 2.22. The number of anilines is 1. The van der Waals surface area contributed by atoms with E-state index in [-0.39, 0.29) is 12.3 Å². The van der Waals surface area contributed by atoms with Gasteiger partial charge in [0, 0.05) is 31.7 Å². The van der Waals surface area contributed by atoms with Crippen LogP contribution in [0.25, 0.3) is 0 Å². The minimum Gasteiger partial charge on any atom is -0.384 e. The molecule has 0 spiro atoms. The van der Waals surface area contributed by atoms with Crippen molar-refractivity contribution in [2.24, 2.45) is 0 Å². The Kier molecular flexibility index (Phi) is 6.21. The Bertz CT molecular complexity index is 424. The van der Waals surface area contributed by atoms with E-state index >= 15 is 0 Å². The molecule has 2 N–H and O–H groups in total. The lowest BCUT2D eigenvalue weighted by atomic mass is 10.3. The van der Waals surface area contributed by atoms with Crippen LogP contribution in [0.3, 0.4) is 0 Å². The highest BCUT2D eigenvalue weighted by molar-refractivity contribution is 5.76. The molecule has 0 bridgehead atoms. The minimum absolute atomic E-state index is 0.0723. The van der Waals surface area contributed by atoms with Gasteiger partial charge in [0.05, 0.1) is 0 Å². The predicted octanol–water partition coefficient (Wildman–Crippen LogP) is 1.44. The van der Waals surface area contributed by atoms with Crippen LogP contribution in [-0.4, -0.2) is 44.5 Å². The standard InChI is InChI=1S/C13H19F2N3O/c1-18(2)8-7-17-13(19)5-6-16-10-3-4-11(14)12(15)9-10/h3-4,9,16H,5-8H2,1-2H3,(H,17,19). The van der Waals surface area contributed by atoms with Gasteiger partial charge in [-0.15, -0.1) is 0 Å². The summed E-state index contributed by atoms with van der Waals surface area (Å²) < 4.78 is 25.6. The second kappa shape index (κ2) is 7.68.